The van der Waals surface area contributed by atoms with Crippen molar-refractivity contribution in [2.75, 3.05) is 0 Å². The lowest BCUT2D eigenvalue weighted by atomic mass is 9.85. The Hall–Kier alpha value is -2.32. The van der Waals surface area contributed by atoms with Crippen LogP contribution < -0.4 is 0 Å². The SMILES string of the molecule is Clc1cccc(Cc2c(C3CCCCC3)nc3c4ccccc4ccn23)c1. The van der Waals surface area contributed by atoms with Gasteiger partial charge in [0.05, 0.1) is 11.4 Å². The number of nitrogens with zero attached hydrogens (tertiary/aromatic N) is 2. The Morgan fingerprint density at radius 1 is 0.963 bits per heavy atom. The van der Waals surface area contributed by atoms with E-state index in [1.807, 2.05) is 12.1 Å². The lowest BCUT2D eigenvalue weighted by Crippen LogP contribution is -2.08. The molecule has 4 aromatic rings. The fraction of sp³-hybridized carbons (Fsp3) is 0.292. The average Bonchev–Trinajstić information content (AvgIpc) is 3.08. The van der Waals surface area contributed by atoms with E-state index in [-0.39, 0.29) is 0 Å². The molecular weight excluding hydrogens is 352 g/mol. The summed E-state index contributed by atoms with van der Waals surface area (Å²) in [6.45, 7) is 0. The molecule has 1 saturated carbocycles. The topological polar surface area (TPSA) is 17.3 Å². The minimum atomic E-state index is 0.576. The van der Waals surface area contributed by atoms with Gasteiger partial charge in [0.15, 0.2) is 0 Å². The predicted octanol–water partition coefficient (Wildman–Crippen LogP) is 6.78. The Morgan fingerprint density at radius 3 is 2.67 bits per heavy atom. The third-order valence-corrected chi connectivity index (χ3v) is 6.13. The van der Waals surface area contributed by atoms with Gasteiger partial charge >= 0.3 is 0 Å². The molecule has 0 saturated heterocycles. The highest BCUT2D eigenvalue weighted by Gasteiger charge is 2.24. The van der Waals surface area contributed by atoms with Gasteiger partial charge < -0.3 is 4.40 Å². The molecule has 2 aromatic carbocycles. The van der Waals surface area contributed by atoms with Gasteiger partial charge in [-0.3, -0.25) is 0 Å². The second-order valence-corrected chi connectivity index (χ2v) is 8.12. The van der Waals surface area contributed by atoms with Crippen LogP contribution in [0.25, 0.3) is 16.4 Å². The Morgan fingerprint density at radius 2 is 1.81 bits per heavy atom. The predicted molar refractivity (Wildman–Crippen MR) is 113 cm³/mol. The van der Waals surface area contributed by atoms with Gasteiger partial charge in [-0.2, -0.15) is 0 Å². The van der Waals surface area contributed by atoms with Crippen molar-refractivity contribution in [1.29, 1.82) is 0 Å². The van der Waals surface area contributed by atoms with Crippen molar-refractivity contribution in [3.63, 3.8) is 0 Å². The Balaban J connectivity index is 1.71. The van der Waals surface area contributed by atoms with Crippen LogP contribution in [-0.4, -0.2) is 9.38 Å². The lowest BCUT2D eigenvalue weighted by Gasteiger charge is -2.21. The van der Waals surface area contributed by atoms with E-state index in [1.165, 1.54) is 59.8 Å². The Kier molecular flexibility index (Phi) is 4.37. The lowest BCUT2D eigenvalue weighted by molar-refractivity contribution is 0.436. The first kappa shape index (κ1) is 16.8. The standard InChI is InChI=1S/C24H23ClN2/c25-20-11-6-7-17(15-20)16-22-23(19-9-2-1-3-10-19)26-24-21-12-5-4-8-18(21)13-14-27(22)24/h4-8,11-15,19H,1-3,9-10,16H2. The highest BCUT2D eigenvalue weighted by Crippen LogP contribution is 2.36. The van der Waals surface area contributed by atoms with Crippen molar-refractivity contribution in [2.24, 2.45) is 0 Å². The number of hydrogen-bond donors (Lipinski definition) is 0. The normalized spacial score (nSPS) is 15.6. The zero-order valence-electron chi connectivity index (χ0n) is 15.4. The average molecular weight is 375 g/mol. The van der Waals surface area contributed by atoms with Crippen LogP contribution in [0, 0.1) is 0 Å². The van der Waals surface area contributed by atoms with Crippen molar-refractivity contribution in [2.45, 2.75) is 44.4 Å². The molecule has 1 fully saturated rings. The van der Waals surface area contributed by atoms with Crippen LogP contribution in [0.1, 0.15) is 55.0 Å². The van der Waals surface area contributed by atoms with Gasteiger partial charge in [0.25, 0.3) is 0 Å². The molecule has 1 aliphatic rings. The zero-order valence-corrected chi connectivity index (χ0v) is 16.1. The van der Waals surface area contributed by atoms with Crippen molar-refractivity contribution < 1.29 is 0 Å². The molecule has 0 bridgehead atoms. The number of halogens is 1. The molecule has 0 spiro atoms. The molecule has 136 valence electrons. The Labute approximate surface area is 164 Å². The number of hydrogen-bond acceptors (Lipinski definition) is 1. The maximum Gasteiger partial charge on any atom is 0.145 e. The van der Waals surface area contributed by atoms with Crippen LogP contribution in [0.5, 0.6) is 0 Å². The van der Waals surface area contributed by atoms with Gasteiger partial charge in [-0.1, -0.05) is 67.3 Å². The first-order valence-corrected chi connectivity index (χ1v) is 10.3. The number of benzene rings is 2. The first-order chi connectivity index (χ1) is 13.3. The van der Waals surface area contributed by atoms with E-state index in [0.717, 1.165) is 17.1 Å². The minimum absolute atomic E-state index is 0.576. The zero-order chi connectivity index (χ0) is 18.2. The first-order valence-electron chi connectivity index (χ1n) is 9.92. The maximum atomic E-state index is 6.25. The molecule has 5 rings (SSSR count). The van der Waals surface area contributed by atoms with Crippen molar-refractivity contribution in [1.82, 2.24) is 9.38 Å². The number of aromatic nitrogens is 2. The summed E-state index contributed by atoms with van der Waals surface area (Å²) in [6, 6.07) is 19.0. The summed E-state index contributed by atoms with van der Waals surface area (Å²) in [5.41, 5.74) is 4.95. The van der Waals surface area contributed by atoms with E-state index in [4.69, 9.17) is 16.6 Å². The van der Waals surface area contributed by atoms with Gasteiger partial charge in [-0.15, -0.1) is 0 Å². The molecule has 2 nitrogen and oxygen atoms in total. The van der Waals surface area contributed by atoms with Gasteiger partial charge in [-0.05, 0) is 42.0 Å². The third-order valence-electron chi connectivity index (χ3n) is 5.90. The summed E-state index contributed by atoms with van der Waals surface area (Å²) in [6.07, 6.45) is 9.56. The van der Waals surface area contributed by atoms with Gasteiger partial charge in [0.1, 0.15) is 5.65 Å². The molecule has 2 aromatic heterocycles. The fourth-order valence-electron chi connectivity index (χ4n) is 4.55. The summed E-state index contributed by atoms with van der Waals surface area (Å²) in [4.78, 5) is 5.21. The Bertz CT molecular complexity index is 1110. The van der Waals surface area contributed by atoms with Crippen LogP contribution in [-0.2, 0) is 6.42 Å². The van der Waals surface area contributed by atoms with E-state index >= 15 is 0 Å². The van der Waals surface area contributed by atoms with Gasteiger partial charge in [0, 0.05) is 28.9 Å². The van der Waals surface area contributed by atoms with E-state index in [2.05, 4.69) is 53.1 Å². The number of imidazole rings is 1. The minimum Gasteiger partial charge on any atom is -0.303 e. The molecule has 0 amide bonds. The van der Waals surface area contributed by atoms with Crippen molar-refractivity contribution in [3.8, 4) is 0 Å². The van der Waals surface area contributed by atoms with Crippen molar-refractivity contribution >= 4 is 28.0 Å². The molecule has 27 heavy (non-hydrogen) atoms. The monoisotopic (exact) mass is 374 g/mol. The maximum absolute atomic E-state index is 6.25. The third kappa shape index (κ3) is 3.12. The molecule has 0 N–H and O–H groups in total. The number of pyridine rings is 1. The van der Waals surface area contributed by atoms with Crippen LogP contribution >= 0.6 is 11.6 Å². The summed E-state index contributed by atoms with van der Waals surface area (Å²) in [5, 5.41) is 3.28. The summed E-state index contributed by atoms with van der Waals surface area (Å²) < 4.78 is 2.31. The van der Waals surface area contributed by atoms with Gasteiger partial charge in [0.2, 0.25) is 0 Å². The highest BCUT2D eigenvalue weighted by atomic mass is 35.5. The molecule has 3 heteroatoms. The molecule has 0 aliphatic heterocycles. The summed E-state index contributed by atoms with van der Waals surface area (Å²) in [5.74, 6) is 0.576. The van der Waals surface area contributed by atoms with Crippen LogP contribution in [0.2, 0.25) is 5.02 Å². The summed E-state index contributed by atoms with van der Waals surface area (Å²) >= 11 is 6.25. The smallest absolute Gasteiger partial charge is 0.145 e. The molecular formula is C24H23ClN2. The molecule has 0 unspecified atom stereocenters. The second-order valence-electron chi connectivity index (χ2n) is 7.68. The quantitative estimate of drug-likeness (QED) is 0.386. The van der Waals surface area contributed by atoms with Crippen LogP contribution in [0.3, 0.4) is 0 Å². The summed E-state index contributed by atoms with van der Waals surface area (Å²) in [7, 11) is 0. The fourth-order valence-corrected chi connectivity index (χ4v) is 4.77. The molecule has 0 atom stereocenters. The molecule has 1 aliphatic carbocycles. The largest absolute Gasteiger partial charge is 0.303 e. The van der Waals surface area contributed by atoms with Gasteiger partial charge in [-0.25, -0.2) is 4.98 Å². The molecule has 2 heterocycles. The number of fused-ring (bicyclic) bond motifs is 3. The van der Waals surface area contributed by atoms with E-state index < -0.39 is 0 Å². The van der Waals surface area contributed by atoms with E-state index in [9.17, 15) is 0 Å². The molecule has 0 radical (unpaired) electrons. The second kappa shape index (κ2) is 7.01. The van der Waals surface area contributed by atoms with E-state index in [0.29, 0.717) is 5.92 Å². The number of rotatable bonds is 3. The highest BCUT2D eigenvalue weighted by molar-refractivity contribution is 6.30. The van der Waals surface area contributed by atoms with Crippen molar-refractivity contribution in [3.05, 3.63) is 82.8 Å². The van der Waals surface area contributed by atoms with Crippen LogP contribution in [0.15, 0.2) is 60.8 Å². The van der Waals surface area contributed by atoms with Crippen LogP contribution in [0.4, 0.5) is 0 Å². The van der Waals surface area contributed by atoms with E-state index in [1.54, 1.807) is 0 Å².